The highest BCUT2D eigenvalue weighted by Gasteiger charge is 2.11. The molecular formula is C8H18N2OS. The molecule has 0 radical (unpaired) electrons. The third-order valence-corrected chi connectivity index (χ3v) is 3.54. The van der Waals surface area contributed by atoms with E-state index in [1.54, 1.807) is 0 Å². The summed E-state index contributed by atoms with van der Waals surface area (Å²) < 4.78 is 11.2. The lowest BCUT2D eigenvalue weighted by Crippen LogP contribution is -2.32. The van der Waals surface area contributed by atoms with Crippen LogP contribution >= 0.6 is 0 Å². The van der Waals surface area contributed by atoms with Gasteiger partial charge in [0.15, 0.2) is 0 Å². The fourth-order valence-corrected chi connectivity index (χ4v) is 2.50. The molecule has 1 saturated heterocycles. The van der Waals surface area contributed by atoms with Crippen LogP contribution < -0.4 is 5.32 Å². The Balaban J connectivity index is 2.21. The van der Waals surface area contributed by atoms with Gasteiger partial charge in [0.2, 0.25) is 0 Å². The standard InChI is InChI=1S/C8H18N2OS/c1-9-3-5-10-4-2-7-12(11)8-6-10/h9H,2-8H2,1H3. The van der Waals surface area contributed by atoms with E-state index >= 15 is 0 Å². The van der Waals surface area contributed by atoms with Gasteiger partial charge in [-0.1, -0.05) is 0 Å². The number of likely N-dealkylation sites (N-methyl/N-ethyl adjacent to an activating group) is 1. The number of hydrogen-bond acceptors (Lipinski definition) is 3. The molecule has 0 aromatic carbocycles. The van der Waals surface area contributed by atoms with Gasteiger partial charge in [0.1, 0.15) is 0 Å². The molecule has 1 fully saturated rings. The molecule has 0 saturated carbocycles. The highest BCUT2D eigenvalue weighted by Crippen LogP contribution is 2.00. The van der Waals surface area contributed by atoms with Crippen molar-refractivity contribution in [2.75, 3.05) is 44.7 Å². The quantitative estimate of drug-likeness (QED) is 0.661. The van der Waals surface area contributed by atoms with Crippen LogP contribution in [-0.4, -0.2) is 53.8 Å². The van der Waals surface area contributed by atoms with Crippen molar-refractivity contribution in [2.45, 2.75) is 6.42 Å². The summed E-state index contributed by atoms with van der Waals surface area (Å²) in [5.41, 5.74) is 0. The molecule has 0 aromatic rings. The van der Waals surface area contributed by atoms with E-state index in [0.29, 0.717) is 0 Å². The molecular weight excluding hydrogens is 172 g/mol. The fourth-order valence-electron chi connectivity index (χ4n) is 1.39. The molecule has 3 nitrogen and oxygen atoms in total. The van der Waals surface area contributed by atoms with Crippen molar-refractivity contribution in [3.63, 3.8) is 0 Å². The van der Waals surface area contributed by atoms with Crippen molar-refractivity contribution in [3.05, 3.63) is 0 Å². The Labute approximate surface area is 77.0 Å². The minimum absolute atomic E-state index is 0.546. The lowest BCUT2D eigenvalue weighted by Gasteiger charge is -2.18. The summed E-state index contributed by atoms with van der Waals surface area (Å²) in [6.45, 7) is 4.25. The van der Waals surface area contributed by atoms with Crippen LogP contribution in [0.2, 0.25) is 0 Å². The van der Waals surface area contributed by atoms with Gasteiger partial charge in [0.25, 0.3) is 0 Å². The number of nitrogens with one attached hydrogen (secondary N) is 1. The molecule has 1 atom stereocenters. The maximum atomic E-state index is 11.2. The van der Waals surface area contributed by atoms with Gasteiger partial charge in [-0.2, -0.15) is 0 Å². The molecule has 0 aliphatic carbocycles. The molecule has 12 heavy (non-hydrogen) atoms. The van der Waals surface area contributed by atoms with Gasteiger partial charge >= 0.3 is 0 Å². The van der Waals surface area contributed by atoms with Gasteiger partial charge in [-0.15, -0.1) is 0 Å². The molecule has 1 rings (SSSR count). The van der Waals surface area contributed by atoms with Crippen LogP contribution in [0, 0.1) is 0 Å². The number of hydrogen-bond donors (Lipinski definition) is 1. The van der Waals surface area contributed by atoms with Gasteiger partial charge in [-0.3, -0.25) is 4.21 Å². The molecule has 4 heteroatoms. The predicted molar refractivity (Wildman–Crippen MR) is 52.9 cm³/mol. The van der Waals surface area contributed by atoms with Gasteiger partial charge < -0.3 is 10.2 Å². The molecule has 1 aliphatic heterocycles. The van der Waals surface area contributed by atoms with Crippen LogP contribution in [-0.2, 0) is 10.8 Å². The summed E-state index contributed by atoms with van der Waals surface area (Å²) in [5, 5.41) is 3.13. The second-order valence-electron chi connectivity index (χ2n) is 3.15. The lowest BCUT2D eigenvalue weighted by molar-refractivity contribution is 0.297. The van der Waals surface area contributed by atoms with Gasteiger partial charge in [0, 0.05) is 41.9 Å². The lowest BCUT2D eigenvalue weighted by atomic mass is 10.4. The Morgan fingerprint density at radius 3 is 3.00 bits per heavy atom. The Morgan fingerprint density at radius 1 is 1.42 bits per heavy atom. The molecule has 0 spiro atoms. The molecule has 1 aliphatic rings. The van der Waals surface area contributed by atoms with E-state index in [4.69, 9.17) is 0 Å². The summed E-state index contributed by atoms with van der Waals surface area (Å²) in [6.07, 6.45) is 1.09. The first-order valence-electron chi connectivity index (χ1n) is 4.55. The summed E-state index contributed by atoms with van der Waals surface area (Å²) in [7, 11) is 1.42. The van der Waals surface area contributed by atoms with E-state index in [2.05, 4.69) is 10.2 Å². The summed E-state index contributed by atoms with van der Waals surface area (Å²) >= 11 is 0. The monoisotopic (exact) mass is 190 g/mol. The maximum absolute atomic E-state index is 11.2. The number of nitrogens with zero attached hydrogens (tertiary/aromatic N) is 1. The zero-order valence-electron chi connectivity index (χ0n) is 7.71. The SMILES string of the molecule is CNCCN1CCCS(=O)CC1. The van der Waals surface area contributed by atoms with Crippen molar-refractivity contribution in [1.82, 2.24) is 10.2 Å². The summed E-state index contributed by atoms with van der Waals surface area (Å²) in [6, 6.07) is 0. The predicted octanol–water partition coefficient (Wildman–Crippen LogP) is -0.340. The highest BCUT2D eigenvalue weighted by molar-refractivity contribution is 7.85. The fraction of sp³-hybridized carbons (Fsp3) is 1.00. The summed E-state index contributed by atoms with van der Waals surface area (Å²) in [5.74, 6) is 1.76. The van der Waals surface area contributed by atoms with E-state index in [1.165, 1.54) is 0 Å². The van der Waals surface area contributed by atoms with E-state index in [9.17, 15) is 4.21 Å². The minimum atomic E-state index is -0.546. The topological polar surface area (TPSA) is 32.3 Å². The molecule has 1 heterocycles. The van der Waals surface area contributed by atoms with Crippen molar-refractivity contribution in [2.24, 2.45) is 0 Å². The molecule has 1 unspecified atom stereocenters. The Kier molecular flexibility index (Phi) is 4.80. The van der Waals surface area contributed by atoms with Crippen LogP contribution in [0.15, 0.2) is 0 Å². The smallest absolute Gasteiger partial charge is 0.0362 e. The second-order valence-corrected chi connectivity index (χ2v) is 4.84. The highest BCUT2D eigenvalue weighted by atomic mass is 32.2. The third kappa shape index (κ3) is 3.65. The van der Waals surface area contributed by atoms with Crippen molar-refractivity contribution < 1.29 is 4.21 Å². The first kappa shape index (κ1) is 10.2. The van der Waals surface area contributed by atoms with E-state index < -0.39 is 10.8 Å². The minimum Gasteiger partial charge on any atom is -0.318 e. The Morgan fingerprint density at radius 2 is 2.25 bits per heavy atom. The van der Waals surface area contributed by atoms with E-state index in [1.807, 2.05) is 7.05 Å². The van der Waals surface area contributed by atoms with Gasteiger partial charge in [-0.05, 0) is 20.0 Å². The van der Waals surface area contributed by atoms with E-state index in [0.717, 1.165) is 44.1 Å². The largest absolute Gasteiger partial charge is 0.318 e. The molecule has 1 N–H and O–H groups in total. The third-order valence-electron chi connectivity index (χ3n) is 2.16. The average molecular weight is 190 g/mol. The van der Waals surface area contributed by atoms with Crippen molar-refractivity contribution in [1.29, 1.82) is 0 Å². The zero-order valence-corrected chi connectivity index (χ0v) is 8.53. The first-order chi connectivity index (χ1) is 5.83. The van der Waals surface area contributed by atoms with Crippen LogP contribution in [0.1, 0.15) is 6.42 Å². The first-order valence-corrected chi connectivity index (χ1v) is 6.03. The molecule has 0 amide bonds. The maximum Gasteiger partial charge on any atom is 0.0362 e. The van der Waals surface area contributed by atoms with Crippen LogP contribution in [0.4, 0.5) is 0 Å². The summed E-state index contributed by atoms with van der Waals surface area (Å²) in [4.78, 5) is 2.39. The van der Waals surface area contributed by atoms with Gasteiger partial charge in [0.05, 0.1) is 0 Å². The van der Waals surface area contributed by atoms with Crippen molar-refractivity contribution in [3.8, 4) is 0 Å². The van der Waals surface area contributed by atoms with Crippen LogP contribution in [0.5, 0.6) is 0 Å². The zero-order chi connectivity index (χ0) is 8.81. The number of rotatable bonds is 3. The molecule has 0 aromatic heterocycles. The van der Waals surface area contributed by atoms with Gasteiger partial charge in [-0.25, -0.2) is 0 Å². The average Bonchev–Trinajstić information content (AvgIpc) is 2.27. The Hall–Kier alpha value is 0.0700. The van der Waals surface area contributed by atoms with Crippen molar-refractivity contribution >= 4 is 10.8 Å². The van der Waals surface area contributed by atoms with Crippen LogP contribution in [0.25, 0.3) is 0 Å². The molecule has 0 bridgehead atoms. The Bertz CT molecular complexity index is 152. The normalized spacial score (nSPS) is 26.9. The van der Waals surface area contributed by atoms with E-state index in [-0.39, 0.29) is 0 Å². The second kappa shape index (κ2) is 5.67. The molecule has 72 valence electrons. The van der Waals surface area contributed by atoms with Crippen LogP contribution in [0.3, 0.4) is 0 Å².